The molecule has 1 atom stereocenters. The zero-order valence-electron chi connectivity index (χ0n) is 20.1. The van der Waals surface area contributed by atoms with Gasteiger partial charge in [-0.2, -0.15) is 0 Å². The summed E-state index contributed by atoms with van der Waals surface area (Å²) < 4.78 is 0. The number of likely N-dealkylation sites (tertiary alicyclic amines) is 2. The fraction of sp³-hybridized carbons (Fsp3) is 0.462. The number of carbonyl (C=O) groups is 4. The van der Waals surface area contributed by atoms with Gasteiger partial charge in [-0.3, -0.25) is 19.2 Å². The molecule has 3 heterocycles. The lowest BCUT2D eigenvalue weighted by Gasteiger charge is -2.39. The number of hydrogen-bond acceptors (Lipinski definition) is 6. The molecule has 3 amide bonds. The van der Waals surface area contributed by atoms with E-state index in [0.29, 0.717) is 41.7 Å². The number of Topliss-reactive ketones (excluding diaryl/α,β-unsaturated/α-hetero) is 1. The number of thioether (sulfide) groups is 1. The van der Waals surface area contributed by atoms with Gasteiger partial charge < -0.3 is 15.1 Å². The molecular weight excluding hydrogens is 482 g/mol. The summed E-state index contributed by atoms with van der Waals surface area (Å²) in [4.78, 5) is 55.6. The van der Waals surface area contributed by atoms with Gasteiger partial charge in [-0.25, -0.2) is 0 Å². The second kappa shape index (κ2) is 11.0. The number of thiophene rings is 1. The van der Waals surface area contributed by atoms with Crippen molar-refractivity contribution < 1.29 is 19.2 Å². The molecule has 2 fully saturated rings. The van der Waals surface area contributed by atoms with E-state index >= 15 is 0 Å². The van der Waals surface area contributed by atoms with Crippen LogP contribution < -0.4 is 5.32 Å². The Hall–Kier alpha value is -2.65. The predicted molar refractivity (Wildman–Crippen MR) is 138 cm³/mol. The Morgan fingerprint density at radius 3 is 2.17 bits per heavy atom. The summed E-state index contributed by atoms with van der Waals surface area (Å²) in [5.74, 6) is 0.194. The van der Waals surface area contributed by atoms with Gasteiger partial charge in [-0.05, 0) is 55.9 Å². The van der Waals surface area contributed by atoms with E-state index in [2.05, 4.69) is 5.32 Å². The molecule has 35 heavy (non-hydrogen) atoms. The number of nitrogens with zero attached hydrogens (tertiary/aromatic N) is 2. The Morgan fingerprint density at radius 2 is 1.57 bits per heavy atom. The number of hydrogen-bond donors (Lipinski definition) is 1. The highest BCUT2D eigenvalue weighted by Crippen LogP contribution is 2.41. The van der Waals surface area contributed by atoms with Crippen molar-refractivity contribution in [1.29, 1.82) is 0 Å². The third kappa shape index (κ3) is 6.13. The molecule has 0 bridgehead atoms. The summed E-state index contributed by atoms with van der Waals surface area (Å²) in [7, 11) is 0. The van der Waals surface area contributed by atoms with Crippen LogP contribution in [0.15, 0.2) is 47.4 Å². The zero-order chi connectivity index (χ0) is 25.0. The molecule has 186 valence electrons. The third-order valence-corrected chi connectivity index (χ3v) is 9.14. The highest BCUT2D eigenvalue weighted by Gasteiger charge is 2.44. The van der Waals surface area contributed by atoms with Crippen LogP contribution in [0.4, 0.5) is 0 Å². The van der Waals surface area contributed by atoms with Crippen LogP contribution in [0.1, 0.15) is 52.5 Å². The molecule has 2 aromatic rings. The second-order valence-electron chi connectivity index (χ2n) is 9.40. The monoisotopic (exact) mass is 513 g/mol. The van der Waals surface area contributed by atoms with Gasteiger partial charge in [0.05, 0.1) is 9.75 Å². The van der Waals surface area contributed by atoms with E-state index in [4.69, 9.17) is 0 Å². The summed E-state index contributed by atoms with van der Waals surface area (Å²) in [5.41, 5.74) is 0.0137. The van der Waals surface area contributed by atoms with Gasteiger partial charge in [0.1, 0.15) is 6.04 Å². The second-order valence-corrected chi connectivity index (χ2v) is 11.6. The molecule has 1 aromatic carbocycles. The summed E-state index contributed by atoms with van der Waals surface area (Å²) in [6.45, 7) is 5.58. The lowest BCUT2D eigenvalue weighted by molar-refractivity contribution is -0.135. The van der Waals surface area contributed by atoms with E-state index in [-0.39, 0.29) is 28.9 Å². The maximum atomic E-state index is 13.4. The SMILES string of the molecule is CC(=O)NC(CSc1ccccc1)C(=O)N1CCC2(CCN(C(=O)c3ccc(C(C)=O)s3)CC2)C1. The first-order valence-electron chi connectivity index (χ1n) is 11.9. The fourth-order valence-electron chi connectivity index (χ4n) is 4.85. The maximum absolute atomic E-state index is 13.4. The van der Waals surface area contributed by atoms with Crippen molar-refractivity contribution in [2.75, 3.05) is 31.9 Å². The van der Waals surface area contributed by atoms with E-state index < -0.39 is 6.04 Å². The Balaban J connectivity index is 1.33. The molecule has 7 nitrogen and oxygen atoms in total. The number of benzene rings is 1. The molecule has 4 rings (SSSR count). The first-order valence-corrected chi connectivity index (χ1v) is 13.7. The molecule has 2 saturated heterocycles. The average molecular weight is 514 g/mol. The smallest absolute Gasteiger partial charge is 0.263 e. The van der Waals surface area contributed by atoms with Crippen molar-refractivity contribution in [1.82, 2.24) is 15.1 Å². The number of rotatable bonds is 7. The largest absolute Gasteiger partial charge is 0.344 e. The Kier molecular flexibility index (Phi) is 7.96. The molecule has 1 N–H and O–H groups in total. The van der Waals surface area contributed by atoms with Crippen LogP contribution in [0.2, 0.25) is 0 Å². The third-order valence-electron chi connectivity index (χ3n) is 6.86. The maximum Gasteiger partial charge on any atom is 0.263 e. The van der Waals surface area contributed by atoms with Crippen LogP contribution in [-0.2, 0) is 9.59 Å². The lowest BCUT2D eigenvalue weighted by Crippen LogP contribution is -2.50. The quantitative estimate of drug-likeness (QED) is 0.451. The average Bonchev–Trinajstić information content (AvgIpc) is 3.50. The molecule has 1 unspecified atom stereocenters. The first-order chi connectivity index (χ1) is 16.8. The normalized spacial score (nSPS) is 17.9. The zero-order valence-corrected chi connectivity index (χ0v) is 21.8. The van der Waals surface area contributed by atoms with Crippen LogP contribution >= 0.6 is 23.1 Å². The van der Waals surface area contributed by atoms with Gasteiger partial charge in [0, 0.05) is 43.8 Å². The number of piperidine rings is 1. The topological polar surface area (TPSA) is 86.8 Å². The van der Waals surface area contributed by atoms with Gasteiger partial charge in [-0.1, -0.05) is 18.2 Å². The summed E-state index contributed by atoms with van der Waals surface area (Å²) in [6.07, 6.45) is 2.60. The molecule has 2 aliphatic rings. The molecule has 0 saturated carbocycles. The Labute approximate surface area is 214 Å². The van der Waals surface area contributed by atoms with Gasteiger partial charge in [0.2, 0.25) is 11.8 Å². The van der Waals surface area contributed by atoms with E-state index in [1.807, 2.05) is 40.1 Å². The number of nitrogens with one attached hydrogen (secondary N) is 1. The van der Waals surface area contributed by atoms with Crippen molar-refractivity contribution in [2.24, 2.45) is 5.41 Å². The van der Waals surface area contributed by atoms with E-state index in [1.54, 1.807) is 23.9 Å². The van der Waals surface area contributed by atoms with Crippen molar-refractivity contribution in [3.63, 3.8) is 0 Å². The van der Waals surface area contributed by atoms with Crippen molar-refractivity contribution in [3.8, 4) is 0 Å². The van der Waals surface area contributed by atoms with Gasteiger partial charge >= 0.3 is 0 Å². The number of carbonyl (C=O) groups excluding carboxylic acids is 4. The van der Waals surface area contributed by atoms with Crippen LogP contribution in [0.5, 0.6) is 0 Å². The minimum atomic E-state index is -0.566. The standard InChI is InChI=1S/C26H31N3O4S2/c1-18(30)22-8-9-23(35-22)25(33)28-13-10-26(11-14-28)12-15-29(17-26)24(32)21(27-19(2)31)16-34-20-6-4-3-5-7-20/h3-9,21H,10-17H2,1-2H3,(H,27,31). The Morgan fingerprint density at radius 1 is 0.943 bits per heavy atom. The van der Waals surface area contributed by atoms with Crippen LogP contribution in [0.3, 0.4) is 0 Å². The first kappa shape index (κ1) is 25.4. The molecule has 0 aliphatic carbocycles. The molecule has 1 aromatic heterocycles. The molecule has 2 aliphatic heterocycles. The van der Waals surface area contributed by atoms with Crippen LogP contribution in [0.25, 0.3) is 0 Å². The molecule has 9 heteroatoms. The predicted octanol–water partition coefficient (Wildman–Crippen LogP) is 3.70. The van der Waals surface area contributed by atoms with Gasteiger partial charge in [0.15, 0.2) is 5.78 Å². The molecule has 1 spiro atoms. The fourth-order valence-corrected chi connectivity index (χ4v) is 6.65. The van der Waals surface area contributed by atoms with E-state index in [9.17, 15) is 19.2 Å². The minimum Gasteiger partial charge on any atom is -0.344 e. The molecule has 0 radical (unpaired) electrons. The van der Waals surface area contributed by atoms with Crippen molar-refractivity contribution >= 4 is 46.6 Å². The van der Waals surface area contributed by atoms with E-state index in [0.717, 1.165) is 24.2 Å². The van der Waals surface area contributed by atoms with Crippen LogP contribution in [0, 0.1) is 5.41 Å². The van der Waals surface area contributed by atoms with Crippen LogP contribution in [-0.4, -0.2) is 71.3 Å². The highest BCUT2D eigenvalue weighted by atomic mass is 32.2. The summed E-state index contributed by atoms with van der Waals surface area (Å²) in [5, 5.41) is 2.84. The van der Waals surface area contributed by atoms with Crippen molar-refractivity contribution in [2.45, 2.75) is 44.0 Å². The summed E-state index contributed by atoms with van der Waals surface area (Å²) >= 11 is 2.81. The minimum absolute atomic E-state index is 0.0137. The van der Waals surface area contributed by atoms with E-state index in [1.165, 1.54) is 25.2 Å². The molecular formula is C26H31N3O4S2. The number of ketones is 1. The Bertz CT molecular complexity index is 1090. The lowest BCUT2D eigenvalue weighted by atomic mass is 9.77. The van der Waals surface area contributed by atoms with Gasteiger partial charge in [-0.15, -0.1) is 23.1 Å². The van der Waals surface area contributed by atoms with Crippen molar-refractivity contribution in [3.05, 3.63) is 52.2 Å². The summed E-state index contributed by atoms with van der Waals surface area (Å²) in [6, 6.07) is 12.7. The number of amides is 3. The van der Waals surface area contributed by atoms with Gasteiger partial charge in [0.25, 0.3) is 5.91 Å². The highest BCUT2D eigenvalue weighted by molar-refractivity contribution is 7.99.